The summed E-state index contributed by atoms with van der Waals surface area (Å²) in [5, 5.41) is 11.6. The summed E-state index contributed by atoms with van der Waals surface area (Å²) in [6, 6.07) is 0. The molecule has 1 unspecified atom stereocenters. The first-order chi connectivity index (χ1) is 5.31. The molecule has 0 aliphatic heterocycles. The van der Waals surface area contributed by atoms with Crippen LogP contribution in [0.4, 0.5) is 0 Å². The normalized spacial score (nSPS) is 13.4. The van der Waals surface area contributed by atoms with E-state index in [-0.39, 0.29) is 6.61 Å². The molecule has 0 aromatic carbocycles. The van der Waals surface area contributed by atoms with Crippen LogP contribution >= 0.6 is 0 Å². The van der Waals surface area contributed by atoms with Crippen molar-refractivity contribution in [1.29, 1.82) is 0 Å². The smallest absolute Gasteiger partial charge is 0.0555 e. The Balaban J connectivity index is 2.89. The number of nitrogens with one attached hydrogen (secondary N) is 1. The summed E-state index contributed by atoms with van der Waals surface area (Å²) in [6.45, 7) is 6.55. The molecule has 0 aliphatic carbocycles. The fraction of sp³-hybridized carbons (Fsp3) is 1.00. The van der Waals surface area contributed by atoms with Gasteiger partial charge >= 0.3 is 0 Å². The van der Waals surface area contributed by atoms with E-state index in [0.717, 1.165) is 19.0 Å². The van der Waals surface area contributed by atoms with Crippen LogP contribution in [0.5, 0.6) is 0 Å². The molecule has 0 rings (SSSR count). The van der Waals surface area contributed by atoms with Gasteiger partial charge in [-0.25, -0.2) is 0 Å². The topological polar surface area (TPSA) is 32.3 Å². The Kier molecular flexibility index (Phi) is 7.96. The van der Waals surface area contributed by atoms with Crippen LogP contribution in [0.25, 0.3) is 0 Å². The third-order valence-corrected chi connectivity index (χ3v) is 2.04. The van der Waals surface area contributed by atoms with E-state index >= 15 is 0 Å². The van der Waals surface area contributed by atoms with Gasteiger partial charge in [0.15, 0.2) is 0 Å². The van der Waals surface area contributed by atoms with Crippen molar-refractivity contribution >= 4 is 0 Å². The Bertz CT molecular complexity index is 76.0. The molecule has 1 atom stereocenters. The summed E-state index contributed by atoms with van der Waals surface area (Å²) in [4.78, 5) is 0. The molecule has 2 nitrogen and oxygen atoms in total. The zero-order valence-electron chi connectivity index (χ0n) is 7.77. The van der Waals surface area contributed by atoms with Gasteiger partial charge in [0, 0.05) is 6.54 Å². The summed E-state index contributed by atoms with van der Waals surface area (Å²) in [7, 11) is 0. The van der Waals surface area contributed by atoms with Gasteiger partial charge in [-0.3, -0.25) is 0 Å². The highest BCUT2D eigenvalue weighted by atomic mass is 16.3. The van der Waals surface area contributed by atoms with E-state index in [1.165, 1.54) is 19.3 Å². The fourth-order valence-electron chi connectivity index (χ4n) is 0.984. The predicted octanol–water partition coefficient (Wildman–Crippen LogP) is 1.39. The first-order valence-electron chi connectivity index (χ1n) is 4.62. The lowest BCUT2D eigenvalue weighted by atomic mass is 10.0. The molecule has 0 fully saturated rings. The minimum Gasteiger partial charge on any atom is -0.395 e. The van der Waals surface area contributed by atoms with Crippen molar-refractivity contribution < 1.29 is 5.11 Å². The van der Waals surface area contributed by atoms with Crippen LogP contribution in [-0.4, -0.2) is 24.8 Å². The highest BCUT2D eigenvalue weighted by Crippen LogP contribution is 2.07. The molecule has 0 saturated heterocycles. The molecule has 11 heavy (non-hydrogen) atoms. The molecule has 0 saturated carbocycles. The maximum absolute atomic E-state index is 8.46. The van der Waals surface area contributed by atoms with E-state index in [0.29, 0.717) is 0 Å². The second-order valence-corrected chi connectivity index (χ2v) is 3.13. The molecule has 0 aliphatic rings. The Morgan fingerprint density at radius 2 is 2.09 bits per heavy atom. The molecule has 0 aromatic rings. The Hall–Kier alpha value is -0.0800. The monoisotopic (exact) mass is 159 g/mol. The molecule has 0 bridgehead atoms. The molecule has 2 N–H and O–H groups in total. The summed E-state index contributed by atoms with van der Waals surface area (Å²) >= 11 is 0. The van der Waals surface area contributed by atoms with Crippen molar-refractivity contribution in [1.82, 2.24) is 5.32 Å². The first kappa shape index (κ1) is 10.9. The van der Waals surface area contributed by atoms with Gasteiger partial charge in [0.05, 0.1) is 6.61 Å². The van der Waals surface area contributed by atoms with Gasteiger partial charge in [0.1, 0.15) is 0 Å². The molecule has 0 amide bonds. The van der Waals surface area contributed by atoms with Crippen LogP contribution in [-0.2, 0) is 0 Å². The average Bonchev–Trinajstić information content (AvgIpc) is 2.04. The zero-order valence-corrected chi connectivity index (χ0v) is 7.77. The third-order valence-electron chi connectivity index (χ3n) is 2.04. The van der Waals surface area contributed by atoms with Gasteiger partial charge in [-0.05, 0) is 25.3 Å². The van der Waals surface area contributed by atoms with Crippen LogP contribution in [0.3, 0.4) is 0 Å². The first-order valence-corrected chi connectivity index (χ1v) is 4.62. The van der Waals surface area contributed by atoms with E-state index < -0.39 is 0 Å². The van der Waals surface area contributed by atoms with Gasteiger partial charge in [-0.2, -0.15) is 0 Å². The van der Waals surface area contributed by atoms with E-state index in [4.69, 9.17) is 5.11 Å². The third kappa shape index (κ3) is 7.82. The van der Waals surface area contributed by atoms with Gasteiger partial charge in [0.25, 0.3) is 0 Å². The molecular weight excluding hydrogens is 138 g/mol. The predicted molar refractivity (Wildman–Crippen MR) is 48.6 cm³/mol. The van der Waals surface area contributed by atoms with Gasteiger partial charge in [-0.1, -0.05) is 20.3 Å². The largest absolute Gasteiger partial charge is 0.395 e. The maximum atomic E-state index is 8.46. The van der Waals surface area contributed by atoms with Crippen LogP contribution in [0.15, 0.2) is 0 Å². The quantitative estimate of drug-likeness (QED) is 0.550. The van der Waals surface area contributed by atoms with Crippen LogP contribution < -0.4 is 5.32 Å². The second-order valence-electron chi connectivity index (χ2n) is 3.13. The van der Waals surface area contributed by atoms with E-state index in [1.54, 1.807) is 0 Å². The second kappa shape index (κ2) is 8.02. The van der Waals surface area contributed by atoms with E-state index in [1.807, 2.05) is 0 Å². The Morgan fingerprint density at radius 3 is 2.64 bits per heavy atom. The van der Waals surface area contributed by atoms with E-state index in [9.17, 15) is 0 Å². The summed E-state index contributed by atoms with van der Waals surface area (Å²) < 4.78 is 0. The van der Waals surface area contributed by atoms with Crippen molar-refractivity contribution in [3.05, 3.63) is 0 Å². The molecule has 2 heteroatoms. The van der Waals surface area contributed by atoms with Crippen LogP contribution in [0.1, 0.15) is 33.1 Å². The minimum absolute atomic E-state index is 0.253. The molecule has 0 radical (unpaired) electrons. The minimum atomic E-state index is 0.253. The summed E-state index contributed by atoms with van der Waals surface area (Å²) in [5.41, 5.74) is 0. The highest BCUT2D eigenvalue weighted by molar-refractivity contribution is 4.52. The number of hydrogen-bond donors (Lipinski definition) is 2. The Morgan fingerprint density at radius 1 is 1.36 bits per heavy atom. The van der Waals surface area contributed by atoms with Crippen molar-refractivity contribution in [2.45, 2.75) is 33.1 Å². The van der Waals surface area contributed by atoms with Gasteiger partial charge in [-0.15, -0.1) is 0 Å². The molecule has 0 aromatic heterocycles. The number of rotatable bonds is 7. The number of aliphatic hydroxyl groups is 1. The number of hydrogen-bond acceptors (Lipinski definition) is 2. The summed E-state index contributed by atoms with van der Waals surface area (Å²) in [5.74, 6) is 0.853. The van der Waals surface area contributed by atoms with Crippen molar-refractivity contribution in [2.75, 3.05) is 19.7 Å². The van der Waals surface area contributed by atoms with Gasteiger partial charge < -0.3 is 10.4 Å². The lowest BCUT2D eigenvalue weighted by molar-refractivity contribution is 0.291. The van der Waals surface area contributed by atoms with Crippen LogP contribution in [0, 0.1) is 5.92 Å². The highest BCUT2D eigenvalue weighted by Gasteiger charge is 1.96. The zero-order chi connectivity index (χ0) is 8.53. The van der Waals surface area contributed by atoms with E-state index in [2.05, 4.69) is 19.2 Å². The molecule has 68 valence electrons. The molecule has 0 heterocycles. The maximum Gasteiger partial charge on any atom is 0.0555 e. The standard InChI is InChI=1S/C9H21NO/c1-3-9(2)5-4-6-10-7-8-11/h9-11H,3-8H2,1-2H3. The van der Waals surface area contributed by atoms with Crippen LogP contribution in [0.2, 0.25) is 0 Å². The Labute approximate surface area is 70.0 Å². The molecule has 0 spiro atoms. The lowest BCUT2D eigenvalue weighted by Gasteiger charge is -2.07. The average molecular weight is 159 g/mol. The fourth-order valence-corrected chi connectivity index (χ4v) is 0.984. The van der Waals surface area contributed by atoms with Crippen molar-refractivity contribution in [3.8, 4) is 0 Å². The SMILES string of the molecule is CCC(C)CCCNCCO. The van der Waals surface area contributed by atoms with Crippen molar-refractivity contribution in [3.63, 3.8) is 0 Å². The summed E-state index contributed by atoms with van der Waals surface area (Å²) in [6.07, 6.45) is 3.81. The number of aliphatic hydroxyl groups excluding tert-OH is 1. The molecular formula is C9H21NO. The van der Waals surface area contributed by atoms with Gasteiger partial charge in [0.2, 0.25) is 0 Å². The lowest BCUT2D eigenvalue weighted by Crippen LogP contribution is -2.19. The van der Waals surface area contributed by atoms with Crippen molar-refractivity contribution in [2.24, 2.45) is 5.92 Å².